The van der Waals surface area contributed by atoms with Crippen LogP contribution < -0.4 is 5.32 Å². The monoisotopic (exact) mass is 478 g/mol. The molecule has 0 spiro atoms. The lowest BCUT2D eigenvalue weighted by molar-refractivity contribution is -0.137. The smallest absolute Gasteiger partial charge is 0.245 e. The van der Waals surface area contributed by atoms with E-state index in [9.17, 15) is 22.4 Å². The number of benzene rings is 1. The summed E-state index contributed by atoms with van der Waals surface area (Å²) in [6.07, 6.45) is 4.90. The Balaban J connectivity index is 1.63. The molecule has 3 rings (SSSR count). The number of amides is 2. The number of halogens is 1. The van der Waals surface area contributed by atoms with Gasteiger partial charge < -0.3 is 14.8 Å². The highest BCUT2D eigenvalue weighted by molar-refractivity contribution is 7.91. The van der Waals surface area contributed by atoms with Crippen LogP contribution in [0.2, 0.25) is 0 Å². The second kappa shape index (κ2) is 10.9. The molecular formula is C23H31FN4O4S. The van der Waals surface area contributed by atoms with Crippen molar-refractivity contribution in [1.82, 2.24) is 19.8 Å². The summed E-state index contributed by atoms with van der Waals surface area (Å²) in [4.78, 5) is 31.0. The van der Waals surface area contributed by atoms with E-state index in [0.717, 1.165) is 5.82 Å². The first-order valence-corrected chi connectivity index (χ1v) is 13.0. The molecule has 1 aromatic heterocycles. The average Bonchev–Trinajstić information content (AvgIpc) is 3.27. The maximum Gasteiger partial charge on any atom is 0.245 e. The van der Waals surface area contributed by atoms with E-state index < -0.39 is 21.7 Å². The highest BCUT2D eigenvalue weighted by Gasteiger charge is 2.31. The Morgan fingerprint density at radius 2 is 1.94 bits per heavy atom. The predicted molar refractivity (Wildman–Crippen MR) is 123 cm³/mol. The third kappa shape index (κ3) is 6.63. The number of likely N-dealkylation sites (tertiary alicyclic amines) is 1. The van der Waals surface area contributed by atoms with Gasteiger partial charge >= 0.3 is 0 Å². The molecule has 8 nitrogen and oxygen atoms in total. The molecule has 2 heterocycles. The van der Waals surface area contributed by atoms with Gasteiger partial charge in [0.25, 0.3) is 0 Å². The van der Waals surface area contributed by atoms with Gasteiger partial charge in [0.2, 0.25) is 11.8 Å². The number of nitrogens with zero attached hydrogens (tertiary/aromatic N) is 3. The molecule has 1 aliphatic rings. The molecule has 2 aromatic rings. The predicted octanol–water partition coefficient (Wildman–Crippen LogP) is 1.91. The SMILES string of the molecule is CCS(=O)(=O)CCn1ccnc1C1CCN(C(=O)C(Cc2ccccc2F)NC(C)=O)CC1. The number of imidazole rings is 1. The summed E-state index contributed by atoms with van der Waals surface area (Å²) >= 11 is 0. The molecule has 180 valence electrons. The quantitative estimate of drug-likeness (QED) is 0.593. The second-order valence-electron chi connectivity index (χ2n) is 8.36. The summed E-state index contributed by atoms with van der Waals surface area (Å²) in [6, 6.07) is 5.40. The average molecular weight is 479 g/mol. The van der Waals surface area contributed by atoms with Gasteiger partial charge in [-0.05, 0) is 24.5 Å². The summed E-state index contributed by atoms with van der Waals surface area (Å²) in [6.45, 7) is 4.30. The van der Waals surface area contributed by atoms with Gasteiger partial charge in [0.15, 0.2) is 9.84 Å². The van der Waals surface area contributed by atoms with E-state index in [4.69, 9.17) is 0 Å². The molecule has 1 aromatic carbocycles. The number of carbonyl (C=O) groups is 2. The molecule has 1 fully saturated rings. The van der Waals surface area contributed by atoms with Crippen molar-refractivity contribution in [3.8, 4) is 0 Å². The van der Waals surface area contributed by atoms with Crippen LogP contribution in [0.5, 0.6) is 0 Å². The van der Waals surface area contributed by atoms with Crippen LogP contribution in [0.4, 0.5) is 4.39 Å². The minimum absolute atomic E-state index is 0.0681. The standard InChI is InChI=1S/C23H31FN4O4S/c1-3-33(31,32)15-14-27-13-10-25-22(27)18-8-11-28(12-9-18)23(30)21(26-17(2)29)16-19-6-4-5-7-20(19)24/h4-7,10,13,18,21H,3,8-9,11-12,14-16H2,1-2H3,(H,26,29). The zero-order valence-electron chi connectivity index (χ0n) is 19.0. The first kappa shape index (κ1) is 24.9. The van der Waals surface area contributed by atoms with Crippen molar-refractivity contribution in [2.24, 2.45) is 0 Å². The number of hydrogen-bond acceptors (Lipinski definition) is 5. The Hall–Kier alpha value is -2.75. The summed E-state index contributed by atoms with van der Waals surface area (Å²) < 4.78 is 39.7. The van der Waals surface area contributed by atoms with Crippen LogP contribution in [0.25, 0.3) is 0 Å². The number of carbonyl (C=O) groups excluding carboxylic acids is 2. The first-order chi connectivity index (χ1) is 15.7. The molecule has 0 bridgehead atoms. The van der Waals surface area contributed by atoms with E-state index in [0.29, 0.717) is 38.0 Å². The molecule has 33 heavy (non-hydrogen) atoms. The van der Waals surface area contributed by atoms with Gasteiger partial charge in [-0.25, -0.2) is 17.8 Å². The Labute approximate surface area is 194 Å². The van der Waals surface area contributed by atoms with Crippen LogP contribution in [-0.4, -0.2) is 65.3 Å². The molecule has 0 aliphatic carbocycles. The molecule has 1 aliphatic heterocycles. The number of aryl methyl sites for hydroxylation is 1. The van der Waals surface area contributed by atoms with Crippen molar-refractivity contribution in [2.45, 2.75) is 51.6 Å². The third-order valence-corrected chi connectivity index (χ3v) is 7.74. The fourth-order valence-corrected chi connectivity index (χ4v) is 4.92. The minimum Gasteiger partial charge on any atom is -0.344 e. The molecule has 1 unspecified atom stereocenters. The molecule has 0 radical (unpaired) electrons. The van der Waals surface area contributed by atoms with Gasteiger partial charge in [-0.3, -0.25) is 9.59 Å². The summed E-state index contributed by atoms with van der Waals surface area (Å²) in [7, 11) is -3.07. The van der Waals surface area contributed by atoms with Gasteiger partial charge in [0.05, 0.1) is 5.75 Å². The minimum atomic E-state index is -3.07. The number of aromatic nitrogens is 2. The number of rotatable bonds is 9. The zero-order valence-corrected chi connectivity index (χ0v) is 19.9. The van der Waals surface area contributed by atoms with Crippen molar-refractivity contribution in [3.63, 3.8) is 0 Å². The van der Waals surface area contributed by atoms with E-state index in [2.05, 4.69) is 10.3 Å². The van der Waals surface area contributed by atoms with Crippen LogP contribution in [-0.2, 0) is 32.4 Å². The van der Waals surface area contributed by atoms with E-state index in [-0.39, 0.29) is 35.7 Å². The number of sulfone groups is 1. The fraction of sp³-hybridized carbons (Fsp3) is 0.522. The molecule has 1 saturated heterocycles. The maximum absolute atomic E-state index is 14.1. The summed E-state index contributed by atoms with van der Waals surface area (Å²) in [5.41, 5.74) is 0.378. The molecular weight excluding hydrogens is 447 g/mol. The summed E-state index contributed by atoms with van der Waals surface area (Å²) in [5.74, 6) is 0.139. The van der Waals surface area contributed by atoms with Crippen molar-refractivity contribution < 1.29 is 22.4 Å². The van der Waals surface area contributed by atoms with Crippen molar-refractivity contribution in [3.05, 3.63) is 53.9 Å². The number of nitrogens with one attached hydrogen (secondary N) is 1. The van der Waals surface area contributed by atoms with Crippen molar-refractivity contribution >= 4 is 21.7 Å². The Morgan fingerprint density at radius 3 is 2.58 bits per heavy atom. The maximum atomic E-state index is 14.1. The van der Waals surface area contributed by atoms with Crippen LogP contribution >= 0.6 is 0 Å². The lowest BCUT2D eigenvalue weighted by atomic mass is 9.94. The lowest BCUT2D eigenvalue weighted by Crippen LogP contribution is -2.51. The fourth-order valence-electron chi connectivity index (χ4n) is 4.16. The highest BCUT2D eigenvalue weighted by Crippen LogP contribution is 2.27. The Kier molecular flexibility index (Phi) is 8.23. The van der Waals surface area contributed by atoms with E-state index >= 15 is 0 Å². The zero-order chi connectivity index (χ0) is 24.0. The number of piperidine rings is 1. The van der Waals surface area contributed by atoms with Gasteiger partial charge in [-0.1, -0.05) is 25.1 Å². The molecule has 1 N–H and O–H groups in total. The third-order valence-electron chi connectivity index (χ3n) is 6.06. The van der Waals surface area contributed by atoms with Crippen molar-refractivity contribution in [1.29, 1.82) is 0 Å². The van der Waals surface area contributed by atoms with Crippen LogP contribution in [0, 0.1) is 5.82 Å². The van der Waals surface area contributed by atoms with Gasteiger partial charge in [0.1, 0.15) is 17.7 Å². The van der Waals surface area contributed by atoms with Gasteiger partial charge in [0, 0.05) is 57.0 Å². The summed E-state index contributed by atoms with van der Waals surface area (Å²) in [5, 5.41) is 2.67. The normalized spacial score (nSPS) is 15.9. The van der Waals surface area contributed by atoms with E-state index in [1.54, 1.807) is 42.4 Å². The van der Waals surface area contributed by atoms with Crippen molar-refractivity contribution in [2.75, 3.05) is 24.6 Å². The highest BCUT2D eigenvalue weighted by atomic mass is 32.2. The Bertz CT molecular complexity index is 1080. The number of hydrogen-bond donors (Lipinski definition) is 1. The van der Waals surface area contributed by atoms with Gasteiger partial charge in [-0.2, -0.15) is 0 Å². The molecule has 0 saturated carbocycles. The topological polar surface area (TPSA) is 101 Å². The molecule has 2 amide bonds. The van der Waals surface area contributed by atoms with Crippen LogP contribution in [0.1, 0.15) is 44.0 Å². The lowest BCUT2D eigenvalue weighted by Gasteiger charge is -2.34. The van der Waals surface area contributed by atoms with E-state index in [1.807, 2.05) is 4.57 Å². The molecule has 1 atom stereocenters. The Morgan fingerprint density at radius 1 is 1.24 bits per heavy atom. The first-order valence-electron chi connectivity index (χ1n) is 11.2. The van der Waals surface area contributed by atoms with E-state index in [1.165, 1.54) is 13.0 Å². The second-order valence-corrected chi connectivity index (χ2v) is 10.8. The van der Waals surface area contributed by atoms with Crippen LogP contribution in [0.15, 0.2) is 36.7 Å². The van der Waals surface area contributed by atoms with Crippen LogP contribution in [0.3, 0.4) is 0 Å². The molecule has 10 heteroatoms. The largest absolute Gasteiger partial charge is 0.344 e. The van der Waals surface area contributed by atoms with Gasteiger partial charge in [-0.15, -0.1) is 0 Å².